The van der Waals surface area contributed by atoms with Crippen molar-refractivity contribution < 1.29 is 14.6 Å². The van der Waals surface area contributed by atoms with Gasteiger partial charge in [0, 0.05) is 11.4 Å². The summed E-state index contributed by atoms with van der Waals surface area (Å²) in [6, 6.07) is 10.4. The molecule has 0 aliphatic heterocycles. The van der Waals surface area contributed by atoms with Crippen LogP contribution >= 0.6 is 11.3 Å². The van der Waals surface area contributed by atoms with Gasteiger partial charge in [0.25, 0.3) is 0 Å². The van der Waals surface area contributed by atoms with E-state index in [1.54, 1.807) is 23.5 Å². The SMILES string of the molecule is CCOc1cccc(C(NCc2cccs2)C(=O)O)c1. The number of thiophene rings is 1. The topological polar surface area (TPSA) is 58.6 Å². The van der Waals surface area contributed by atoms with Gasteiger partial charge in [0.1, 0.15) is 11.8 Å². The number of hydrogen-bond donors (Lipinski definition) is 2. The molecule has 0 fully saturated rings. The fraction of sp³-hybridized carbons (Fsp3) is 0.267. The van der Waals surface area contributed by atoms with Crippen LogP contribution in [0.1, 0.15) is 23.4 Å². The molecule has 1 aromatic carbocycles. The Hall–Kier alpha value is -1.85. The summed E-state index contributed by atoms with van der Waals surface area (Å²) in [6.07, 6.45) is 0. The van der Waals surface area contributed by atoms with E-state index in [2.05, 4.69) is 5.32 Å². The summed E-state index contributed by atoms with van der Waals surface area (Å²) in [5, 5.41) is 14.4. The number of benzene rings is 1. The molecule has 1 atom stereocenters. The third kappa shape index (κ3) is 3.82. The number of carboxylic acid groups (broad SMARTS) is 1. The smallest absolute Gasteiger partial charge is 0.325 e. The molecule has 2 rings (SSSR count). The molecular weight excluding hydrogens is 274 g/mol. The van der Waals surface area contributed by atoms with Crippen molar-refractivity contribution in [2.45, 2.75) is 19.5 Å². The van der Waals surface area contributed by atoms with Crippen molar-refractivity contribution in [3.8, 4) is 5.75 Å². The van der Waals surface area contributed by atoms with Gasteiger partial charge in [-0.1, -0.05) is 18.2 Å². The first-order valence-corrected chi connectivity index (χ1v) is 7.30. The number of carbonyl (C=O) groups is 1. The lowest BCUT2D eigenvalue weighted by molar-refractivity contribution is -0.139. The first-order valence-electron chi connectivity index (χ1n) is 6.42. The summed E-state index contributed by atoms with van der Waals surface area (Å²) >= 11 is 1.60. The Labute approximate surface area is 122 Å². The minimum absolute atomic E-state index is 0.535. The molecule has 20 heavy (non-hydrogen) atoms. The van der Waals surface area contributed by atoms with Gasteiger partial charge in [-0.3, -0.25) is 10.1 Å². The van der Waals surface area contributed by atoms with Gasteiger partial charge in [-0.15, -0.1) is 11.3 Å². The highest BCUT2D eigenvalue weighted by Gasteiger charge is 2.19. The average Bonchev–Trinajstić information content (AvgIpc) is 2.93. The molecular formula is C15H17NO3S. The largest absolute Gasteiger partial charge is 0.494 e. The van der Waals surface area contributed by atoms with E-state index in [-0.39, 0.29) is 0 Å². The molecule has 1 aromatic heterocycles. The maximum absolute atomic E-state index is 11.4. The van der Waals surface area contributed by atoms with Gasteiger partial charge in [-0.2, -0.15) is 0 Å². The molecule has 2 aromatic rings. The second-order valence-corrected chi connectivity index (χ2v) is 5.27. The quantitative estimate of drug-likeness (QED) is 0.823. The van der Waals surface area contributed by atoms with Crippen LogP contribution in [-0.2, 0) is 11.3 Å². The number of rotatable bonds is 7. The highest BCUT2D eigenvalue weighted by Crippen LogP contribution is 2.20. The first-order chi connectivity index (χ1) is 9.70. The Balaban J connectivity index is 2.11. The van der Waals surface area contributed by atoms with E-state index in [1.807, 2.05) is 36.6 Å². The zero-order valence-electron chi connectivity index (χ0n) is 11.2. The summed E-state index contributed by atoms with van der Waals surface area (Å²) in [5.74, 6) is -0.204. The van der Waals surface area contributed by atoms with E-state index in [0.717, 1.165) is 4.88 Å². The van der Waals surface area contributed by atoms with Crippen LogP contribution in [0, 0.1) is 0 Å². The van der Waals surface area contributed by atoms with Gasteiger partial charge >= 0.3 is 5.97 Å². The lowest BCUT2D eigenvalue weighted by atomic mass is 10.1. The van der Waals surface area contributed by atoms with Crippen molar-refractivity contribution in [1.29, 1.82) is 0 Å². The van der Waals surface area contributed by atoms with Gasteiger partial charge in [0.2, 0.25) is 0 Å². The van der Waals surface area contributed by atoms with Crippen molar-refractivity contribution in [2.75, 3.05) is 6.61 Å². The highest BCUT2D eigenvalue weighted by molar-refractivity contribution is 7.09. The number of hydrogen-bond acceptors (Lipinski definition) is 4. The average molecular weight is 291 g/mol. The van der Waals surface area contributed by atoms with Crippen LogP contribution in [0.15, 0.2) is 41.8 Å². The van der Waals surface area contributed by atoms with Gasteiger partial charge < -0.3 is 9.84 Å². The number of nitrogens with one attached hydrogen (secondary N) is 1. The Morgan fingerprint density at radius 2 is 2.25 bits per heavy atom. The predicted octanol–water partition coefficient (Wildman–Crippen LogP) is 3.06. The van der Waals surface area contributed by atoms with E-state index in [0.29, 0.717) is 24.5 Å². The van der Waals surface area contributed by atoms with Gasteiger partial charge in [0.05, 0.1) is 6.61 Å². The normalized spacial score (nSPS) is 12.1. The minimum atomic E-state index is -0.893. The molecule has 0 amide bonds. The number of carboxylic acids is 1. The van der Waals surface area contributed by atoms with Crippen LogP contribution in [0.5, 0.6) is 5.75 Å². The molecule has 5 heteroatoms. The predicted molar refractivity (Wildman–Crippen MR) is 79.1 cm³/mol. The maximum atomic E-state index is 11.4. The van der Waals surface area contributed by atoms with Crippen molar-refractivity contribution in [3.63, 3.8) is 0 Å². The molecule has 106 valence electrons. The second kappa shape index (κ2) is 7.07. The summed E-state index contributed by atoms with van der Waals surface area (Å²) in [6.45, 7) is 2.99. The van der Waals surface area contributed by atoms with E-state index in [9.17, 15) is 9.90 Å². The van der Waals surface area contributed by atoms with E-state index < -0.39 is 12.0 Å². The van der Waals surface area contributed by atoms with Gasteiger partial charge in [0.15, 0.2) is 0 Å². The lowest BCUT2D eigenvalue weighted by Gasteiger charge is -2.15. The van der Waals surface area contributed by atoms with Crippen LogP contribution in [0.2, 0.25) is 0 Å². The Morgan fingerprint density at radius 1 is 1.40 bits per heavy atom. The monoisotopic (exact) mass is 291 g/mol. The van der Waals surface area contributed by atoms with Crippen LogP contribution < -0.4 is 10.1 Å². The third-order valence-corrected chi connectivity index (χ3v) is 3.69. The lowest BCUT2D eigenvalue weighted by Crippen LogP contribution is -2.27. The van der Waals surface area contributed by atoms with E-state index in [1.165, 1.54) is 0 Å². The molecule has 0 saturated heterocycles. The Bertz CT molecular complexity index is 554. The van der Waals surface area contributed by atoms with Crippen LogP contribution in [0.3, 0.4) is 0 Å². The molecule has 4 nitrogen and oxygen atoms in total. The fourth-order valence-corrected chi connectivity index (χ4v) is 2.57. The number of ether oxygens (including phenoxy) is 1. The summed E-state index contributed by atoms with van der Waals surface area (Å²) < 4.78 is 5.41. The van der Waals surface area contributed by atoms with Crippen molar-refractivity contribution in [2.24, 2.45) is 0 Å². The standard InChI is InChI=1S/C15H17NO3S/c1-2-19-12-6-3-5-11(9-12)14(15(17)18)16-10-13-7-4-8-20-13/h3-9,14,16H,2,10H2,1H3,(H,17,18). The Kier molecular flexibility index (Phi) is 5.15. The van der Waals surface area contributed by atoms with Gasteiger partial charge in [-0.25, -0.2) is 0 Å². The minimum Gasteiger partial charge on any atom is -0.494 e. The van der Waals surface area contributed by atoms with Crippen LogP contribution in [0.4, 0.5) is 0 Å². The van der Waals surface area contributed by atoms with Gasteiger partial charge in [-0.05, 0) is 36.1 Å². The third-order valence-electron chi connectivity index (χ3n) is 2.81. The summed E-state index contributed by atoms with van der Waals surface area (Å²) in [4.78, 5) is 12.5. The van der Waals surface area contributed by atoms with E-state index in [4.69, 9.17) is 4.74 Å². The fourth-order valence-electron chi connectivity index (χ4n) is 1.91. The summed E-state index contributed by atoms with van der Waals surface area (Å²) in [5.41, 5.74) is 0.694. The molecule has 0 aliphatic carbocycles. The van der Waals surface area contributed by atoms with Crippen molar-refractivity contribution >= 4 is 17.3 Å². The van der Waals surface area contributed by atoms with Crippen molar-refractivity contribution in [1.82, 2.24) is 5.32 Å². The molecule has 1 unspecified atom stereocenters. The zero-order chi connectivity index (χ0) is 14.4. The summed E-state index contributed by atoms with van der Waals surface area (Å²) in [7, 11) is 0. The molecule has 2 N–H and O–H groups in total. The van der Waals surface area contributed by atoms with E-state index >= 15 is 0 Å². The zero-order valence-corrected chi connectivity index (χ0v) is 12.0. The van der Waals surface area contributed by atoms with Crippen LogP contribution in [0.25, 0.3) is 0 Å². The molecule has 0 saturated carbocycles. The number of aliphatic carboxylic acids is 1. The molecule has 0 aliphatic rings. The molecule has 0 bridgehead atoms. The molecule has 1 heterocycles. The van der Waals surface area contributed by atoms with Crippen molar-refractivity contribution in [3.05, 3.63) is 52.2 Å². The Morgan fingerprint density at radius 3 is 2.90 bits per heavy atom. The first kappa shape index (κ1) is 14.6. The maximum Gasteiger partial charge on any atom is 0.325 e. The molecule has 0 spiro atoms. The second-order valence-electron chi connectivity index (χ2n) is 4.24. The van der Waals surface area contributed by atoms with Crippen LogP contribution in [-0.4, -0.2) is 17.7 Å². The molecule has 0 radical (unpaired) electrons. The highest BCUT2D eigenvalue weighted by atomic mass is 32.1.